The molecule has 0 saturated carbocycles. The summed E-state index contributed by atoms with van der Waals surface area (Å²) in [4.78, 5) is 23.5. The van der Waals surface area contributed by atoms with Crippen LogP contribution >= 0.6 is 0 Å². The largest absolute Gasteiger partial charge is 0.419 e. The molecular weight excluding hydrogens is 280 g/mol. The zero-order valence-electron chi connectivity index (χ0n) is 12.8. The predicted octanol–water partition coefficient (Wildman–Crippen LogP) is 3.94. The summed E-state index contributed by atoms with van der Waals surface area (Å²) in [6.07, 6.45) is 3.08. The average molecular weight is 298 g/mol. The first-order valence-electron chi connectivity index (χ1n) is 6.49. The molecule has 0 aliphatic heterocycles. The molecule has 114 valence electrons. The third-order valence-electron chi connectivity index (χ3n) is 2.71. The van der Waals surface area contributed by atoms with E-state index in [0.717, 1.165) is 0 Å². The fourth-order valence-electron chi connectivity index (χ4n) is 1.54. The van der Waals surface area contributed by atoms with Crippen molar-refractivity contribution in [2.24, 2.45) is 0 Å². The maximum Gasteiger partial charge on any atom is 0.338 e. The molecule has 0 bridgehead atoms. The molecule has 1 aromatic carbocycles. The van der Waals surface area contributed by atoms with Crippen molar-refractivity contribution >= 4 is 24.1 Å². The topological polar surface area (TPSA) is 52.6 Å². The van der Waals surface area contributed by atoms with Crippen LogP contribution in [-0.2, 0) is 9.59 Å². The van der Waals surface area contributed by atoms with Gasteiger partial charge in [-0.2, -0.15) is 0 Å². The highest BCUT2D eigenvalue weighted by Crippen LogP contribution is 2.36. The average Bonchev–Trinajstić information content (AvgIpc) is 2.47. The maximum absolute atomic E-state index is 11.8. The van der Waals surface area contributed by atoms with Crippen molar-refractivity contribution in [3.05, 3.63) is 60.7 Å². The van der Waals surface area contributed by atoms with Crippen molar-refractivity contribution in [1.29, 1.82) is 0 Å². The van der Waals surface area contributed by atoms with Crippen LogP contribution in [0.1, 0.15) is 25.0 Å². The lowest BCUT2D eigenvalue weighted by Crippen LogP contribution is -2.14. The van der Waals surface area contributed by atoms with Crippen LogP contribution in [-0.4, -0.2) is 11.9 Å². The van der Waals surface area contributed by atoms with Gasteiger partial charge in [-0.3, -0.25) is 0 Å². The summed E-state index contributed by atoms with van der Waals surface area (Å²) in [6.45, 7) is 17.5. The number of carbonyl (C=O) groups is 2. The van der Waals surface area contributed by atoms with Crippen LogP contribution in [0.25, 0.3) is 12.2 Å². The highest BCUT2D eigenvalue weighted by atomic mass is 16.6. The molecule has 0 aromatic heterocycles. The quantitative estimate of drug-likeness (QED) is 0.453. The van der Waals surface area contributed by atoms with Gasteiger partial charge in [0, 0.05) is 16.7 Å². The van der Waals surface area contributed by atoms with Gasteiger partial charge in [-0.05, 0) is 25.5 Å². The molecule has 1 rings (SSSR count). The van der Waals surface area contributed by atoms with Crippen LogP contribution in [0.15, 0.2) is 49.6 Å². The van der Waals surface area contributed by atoms with Crippen LogP contribution in [0, 0.1) is 0 Å². The zero-order chi connectivity index (χ0) is 16.9. The van der Waals surface area contributed by atoms with E-state index >= 15 is 0 Å². The minimum absolute atomic E-state index is 0.0926. The van der Waals surface area contributed by atoms with E-state index in [1.807, 2.05) is 0 Å². The van der Waals surface area contributed by atoms with Crippen molar-refractivity contribution in [2.75, 3.05) is 0 Å². The first kappa shape index (κ1) is 17.2. The third kappa shape index (κ3) is 3.82. The van der Waals surface area contributed by atoms with Gasteiger partial charge in [-0.1, -0.05) is 44.5 Å². The monoisotopic (exact) mass is 298 g/mol. The van der Waals surface area contributed by atoms with Crippen LogP contribution in [0.3, 0.4) is 0 Å². The molecule has 0 N–H and O–H groups in total. The number of hydrogen-bond donors (Lipinski definition) is 0. The van der Waals surface area contributed by atoms with Gasteiger partial charge in [-0.25, -0.2) is 9.59 Å². The Morgan fingerprint density at radius 2 is 1.50 bits per heavy atom. The summed E-state index contributed by atoms with van der Waals surface area (Å²) in [7, 11) is 0. The molecule has 0 heterocycles. The Morgan fingerprint density at radius 3 is 1.95 bits per heavy atom. The third-order valence-corrected chi connectivity index (χ3v) is 2.71. The van der Waals surface area contributed by atoms with Crippen molar-refractivity contribution in [3.63, 3.8) is 0 Å². The fraction of sp³-hybridized carbons (Fsp3) is 0.111. The Kier molecular flexibility index (Phi) is 5.64. The highest BCUT2D eigenvalue weighted by molar-refractivity contribution is 5.92. The summed E-state index contributed by atoms with van der Waals surface area (Å²) >= 11 is 0. The molecule has 0 aliphatic carbocycles. The maximum atomic E-state index is 11.8. The zero-order valence-corrected chi connectivity index (χ0v) is 12.8. The smallest absolute Gasteiger partial charge is 0.338 e. The molecule has 0 aliphatic rings. The second kappa shape index (κ2) is 7.22. The van der Waals surface area contributed by atoms with Crippen molar-refractivity contribution in [1.82, 2.24) is 0 Å². The van der Waals surface area contributed by atoms with Gasteiger partial charge in [0.25, 0.3) is 0 Å². The molecular formula is C18H18O4. The van der Waals surface area contributed by atoms with Crippen molar-refractivity contribution < 1.29 is 19.1 Å². The van der Waals surface area contributed by atoms with Crippen LogP contribution in [0.5, 0.6) is 11.5 Å². The normalized spacial score (nSPS) is 9.55. The van der Waals surface area contributed by atoms with Crippen LogP contribution in [0.4, 0.5) is 0 Å². The number of carbonyl (C=O) groups excluding carboxylic acids is 2. The standard InChI is InChI=1S/C18H18O4/c1-7-13-9-10-15(21-17(19)11(3)4)16(14(13)8-2)22-18(20)12(5)6/h7-10H,1-3,5H2,4,6H3. The SMILES string of the molecule is C=Cc1ccc(OC(=O)C(=C)C)c(OC(=O)C(=C)C)c1C=C. The summed E-state index contributed by atoms with van der Waals surface area (Å²) < 4.78 is 10.5. The number of benzene rings is 1. The van der Waals surface area contributed by atoms with Gasteiger partial charge >= 0.3 is 11.9 Å². The van der Waals surface area contributed by atoms with Crippen LogP contribution < -0.4 is 9.47 Å². The van der Waals surface area contributed by atoms with Gasteiger partial charge in [0.2, 0.25) is 0 Å². The highest BCUT2D eigenvalue weighted by Gasteiger charge is 2.19. The number of hydrogen-bond acceptors (Lipinski definition) is 4. The molecule has 0 unspecified atom stereocenters. The number of ether oxygens (including phenoxy) is 2. The van der Waals surface area contributed by atoms with Crippen LogP contribution in [0.2, 0.25) is 0 Å². The second-order valence-corrected chi connectivity index (χ2v) is 4.64. The molecule has 4 nitrogen and oxygen atoms in total. The van der Waals surface area contributed by atoms with E-state index in [0.29, 0.717) is 11.1 Å². The van der Waals surface area contributed by atoms with E-state index in [1.165, 1.54) is 26.0 Å². The van der Waals surface area contributed by atoms with Gasteiger partial charge in [0.05, 0.1) is 0 Å². The summed E-state index contributed by atoms with van der Waals surface area (Å²) in [5, 5.41) is 0. The van der Waals surface area contributed by atoms with E-state index in [2.05, 4.69) is 26.3 Å². The number of esters is 2. The minimum atomic E-state index is -0.628. The molecule has 0 radical (unpaired) electrons. The summed E-state index contributed by atoms with van der Waals surface area (Å²) in [5.41, 5.74) is 1.63. The first-order chi connectivity index (χ1) is 10.3. The van der Waals surface area contributed by atoms with E-state index in [9.17, 15) is 9.59 Å². The van der Waals surface area contributed by atoms with Gasteiger partial charge in [-0.15, -0.1) is 0 Å². The summed E-state index contributed by atoms with van der Waals surface area (Å²) in [6, 6.07) is 3.20. The Morgan fingerprint density at radius 1 is 0.955 bits per heavy atom. The molecule has 0 spiro atoms. The first-order valence-corrected chi connectivity index (χ1v) is 6.49. The predicted molar refractivity (Wildman–Crippen MR) is 87.5 cm³/mol. The lowest BCUT2D eigenvalue weighted by atomic mass is 10.1. The molecule has 0 atom stereocenters. The minimum Gasteiger partial charge on any atom is -0.419 e. The Hall–Kier alpha value is -2.88. The Bertz CT molecular complexity index is 681. The van der Waals surface area contributed by atoms with Gasteiger partial charge in [0.1, 0.15) is 0 Å². The van der Waals surface area contributed by atoms with E-state index in [4.69, 9.17) is 9.47 Å². The molecule has 0 amide bonds. The van der Waals surface area contributed by atoms with Gasteiger partial charge < -0.3 is 9.47 Å². The second-order valence-electron chi connectivity index (χ2n) is 4.64. The Balaban J connectivity index is 3.42. The molecule has 22 heavy (non-hydrogen) atoms. The number of rotatable bonds is 6. The van der Waals surface area contributed by atoms with Crippen molar-refractivity contribution in [2.45, 2.75) is 13.8 Å². The van der Waals surface area contributed by atoms with Gasteiger partial charge in [0.15, 0.2) is 11.5 Å². The van der Waals surface area contributed by atoms with Crippen molar-refractivity contribution in [3.8, 4) is 11.5 Å². The molecule has 0 fully saturated rings. The lowest BCUT2D eigenvalue weighted by molar-refractivity contribution is -0.132. The lowest BCUT2D eigenvalue weighted by Gasteiger charge is -2.15. The molecule has 0 saturated heterocycles. The van der Waals surface area contributed by atoms with E-state index in [-0.39, 0.29) is 22.6 Å². The molecule has 1 aromatic rings. The summed E-state index contributed by atoms with van der Waals surface area (Å²) in [5.74, 6) is -1.05. The fourth-order valence-corrected chi connectivity index (χ4v) is 1.54. The van der Waals surface area contributed by atoms with E-state index < -0.39 is 11.9 Å². The molecule has 4 heteroatoms. The Labute approximate surface area is 130 Å². The van der Waals surface area contributed by atoms with E-state index in [1.54, 1.807) is 12.1 Å².